The lowest BCUT2D eigenvalue weighted by molar-refractivity contribution is -0.168. The number of allylic oxidation sites excluding steroid dienone is 1. The lowest BCUT2D eigenvalue weighted by atomic mass is 9.78. The van der Waals surface area contributed by atoms with Gasteiger partial charge in [0.25, 0.3) is 0 Å². The molecule has 36 heavy (non-hydrogen) atoms. The van der Waals surface area contributed by atoms with E-state index in [0.29, 0.717) is 12.8 Å². The first kappa shape index (κ1) is 26.0. The molecule has 3 aromatic rings. The Balaban J connectivity index is 1.56. The van der Waals surface area contributed by atoms with Crippen molar-refractivity contribution < 1.29 is 27.4 Å². The number of benzene rings is 3. The molecule has 6 heteroatoms. The highest BCUT2D eigenvalue weighted by Gasteiger charge is 2.43. The molecule has 0 aromatic heterocycles. The lowest BCUT2D eigenvalue weighted by Crippen LogP contribution is -2.41. The largest absolute Gasteiger partial charge is 0.456 e. The van der Waals surface area contributed by atoms with Crippen molar-refractivity contribution in [3.63, 3.8) is 0 Å². The Morgan fingerprint density at radius 1 is 1.03 bits per heavy atom. The van der Waals surface area contributed by atoms with E-state index in [2.05, 4.69) is 36.9 Å². The standard InChI is InChI=1S/C30H31F3O3/c1-18-14-15-22(29(4,5)36-28(34)19(2)30(31,32)33)17-27(18)35-20(3)26-16-21-10-6-7-11-23(21)24-12-8-9-13-25(24)26/h6-14,16,20,22,27H,2,15,17H2,1,3-5H3. The summed E-state index contributed by atoms with van der Waals surface area (Å²) in [6.07, 6.45) is -2.18. The van der Waals surface area contributed by atoms with Crippen molar-refractivity contribution in [2.24, 2.45) is 5.92 Å². The Morgan fingerprint density at radius 2 is 1.64 bits per heavy atom. The minimum Gasteiger partial charge on any atom is -0.456 e. The number of fused-ring (bicyclic) bond motifs is 3. The smallest absolute Gasteiger partial charge is 0.422 e. The molecule has 4 rings (SSSR count). The van der Waals surface area contributed by atoms with Gasteiger partial charge in [0, 0.05) is 5.92 Å². The first-order chi connectivity index (χ1) is 16.9. The van der Waals surface area contributed by atoms with Crippen molar-refractivity contribution >= 4 is 27.5 Å². The van der Waals surface area contributed by atoms with Crippen LogP contribution >= 0.6 is 0 Å². The molecule has 0 saturated heterocycles. The van der Waals surface area contributed by atoms with Gasteiger partial charge >= 0.3 is 12.1 Å². The van der Waals surface area contributed by atoms with Crippen LogP contribution in [0.1, 0.15) is 52.2 Å². The van der Waals surface area contributed by atoms with Crippen LogP contribution in [0.2, 0.25) is 0 Å². The summed E-state index contributed by atoms with van der Waals surface area (Å²) >= 11 is 0. The average Bonchev–Trinajstić information content (AvgIpc) is 2.83. The van der Waals surface area contributed by atoms with Crippen molar-refractivity contribution in [1.29, 1.82) is 0 Å². The van der Waals surface area contributed by atoms with E-state index in [1.165, 1.54) is 5.39 Å². The molecule has 190 valence electrons. The maximum absolute atomic E-state index is 12.9. The first-order valence-corrected chi connectivity index (χ1v) is 12.1. The maximum atomic E-state index is 12.9. The van der Waals surface area contributed by atoms with E-state index in [4.69, 9.17) is 9.47 Å². The Bertz CT molecular complexity index is 1340. The summed E-state index contributed by atoms with van der Waals surface area (Å²) in [6, 6.07) is 18.7. The summed E-state index contributed by atoms with van der Waals surface area (Å²) in [7, 11) is 0. The van der Waals surface area contributed by atoms with Gasteiger partial charge in [0.15, 0.2) is 0 Å². The van der Waals surface area contributed by atoms with Crippen LogP contribution in [0, 0.1) is 5.92 Å². The molecule has 0 radical (unpaired) electrons. The maximum Gasteiger partial charge on any atom is 0.422 e. The zero-order valence-corrected chi connectivity index (χ0v) is 21.0. The van der Waals surface area contributed by atoms with Gasteiger partial charge in [-0.05, 0) is 79.3 Å². The monoisotopic (exact) mass is 496 g/mol. The summed E-state index contributed by atoms with van der Waals surface area (Å²) in [5, 5.41) is 4.60. The van der Waals surface area contributed by atoms with E-state index >= 15 is 0 Å². The molecule has 1 aliphatic rings. The van der Waals surface area contributed by atoms with Gasteiger partial charge in [-0.1, -0.05) is 61.2 Å². The molecule has 3 nitrogen and oxygen atoms in total. The van der Waals surface area contributed by atoms with Gasteiger partial charge in [0.1, 0.15) is 11.2 Å². The van der Waals surface area contributed by atoms with Crippen LogP contribution < -0.4 is 0 Å². The molecule has 3 unspecified atom stereocenters. The molecule has 3 atom stereocenters. The molecule has 0 heterocycles. The molecular formula is C30H31F3O3. The van der Waals surface area contributed by atoms with Crippen molar-refractivity contribution in [3.8, 4) is 0 Å². The quantitative estimate of drug-likeness (QED) is 0.149. The second-order valence-electron chi connectivity index (χ2n) is 10.1. The fourth-order valence-corrected chi connectivity index (χ4v) is 4.97. The van der Waals surface area contributed by atoms with Gasteiger partial charge in [-0.15, -0.1) is 0 Å². The number of carbonyl (C=O) groups is 1. The number of ether oxygens (including phenoxy) is 2. The van der Waals surface area contributed by atoms with Gasteiger partial charge in [0.2, 0.25) is 0 Å². The molecule has 0 amide bonds. The van der Waals surface area contributed by atoms with Gasteiger partial charge in [-0.25, -0.2) is 4.79 Å². The second-order valence-corrected chi connectivity index (χ2v) is 10.1. The van der Waals surface area contributed by atoms with Crippen LogP contribution in [0.4, 0.5) is 13.2 Å². The molecule has 0 bridgehead atoms. The lowest BCUT2D eigenvalue weighted by Gasteiger charge is -2.39. The molecular weight excluding hydrogens is 465 g/mol. The van der Waals surface area contributed by atoms with Gasteiger partial charge in [-0.3, -0.25) is 0 Å². The van der Waals surface area contributed by atoms with Crippen LogP contribution in [-0.2, 0) is 14.3 Å². The molecule has 1 aliphatic carbocycles. The van der Waals surface area contributed by atoms with Crippen LogP contribution in [0.15, 0.2) is 78.4 Å². The Hall–Kier alpha value is -3.12. The summed E-state index contributed by atoms with van der Waals surface area (Å²) in [4.78, 5) is 12.1. The average molecular weight is 497 g/mol. The van der Waals surface area contributed by atoms with Crippen LogP contribution in [0.3, 0.4) is 0 Å². The number of hydrogen-bond acceptors (Lipinski definition) is 3. The fourth-order valence-electron chi connectivity index (χ4n) is 4.97. The van der Waals surface area contributed by atoms with Crippen molar-refractivity contribution in [2.75, 3.05) is 0 Å². The van der Waals surface area contributed by atoms with Crippen molar-refractivity contribution in [3.05, 3.63) is 84.0 Å². The van der Waals surface area contributed by atoms with E-state index in [1.807, 2.05) is 44.2 Å². The predicted octanol–water partition coefficient (Wildman–Crippen LogP) is 8.24. The Labute approximate surface area is 209 Å². The molecule has 0 saturated carbocycles. The number of alkyl halides is 3. The molecule has 3 aromatic carbocycles. The second kappa shape index (κ2) is 9.74. The third-order valence-electron chi connectivity index (χ3n) is 7.26. The number of hydrogen-bond donors (Lipinski definition) is 0. The van der Waals surface area contributed by atoms with Crippen LogP contribution in [-0.4, -0.2) is 23.9 Å². The Morgan fingerprint density at radius 3 is 2.31 bits per heavy atom. The number of halogens is 3. The van der Waals surface area contributed by atoms with E-state index in [0.717, 1.165) is 27.3 Å². The summed E-state index contributed by atoms with van der Waals surface area (Å²) < 4.78 is 50.6. The molecule has 0 spiro atoms. The number of carbonyl (C=O) groups excluding carboxylic acids is 1. The zero-order chi connectivity index (χ0) is 26.3. The van der Waals surface area contributed by atoms with Gasteiger partial charge in [-0.2, -0.15) is 13.2 Å². The Kier molecular flexibility index (Phi) is 7.02. The highest BCUT2D eigenvalue weighted by atomic mass is 19.4. The minimum atomic E-state index is -4.82. The highest BCUT2D eigenvalue weighted by molar-refractivity contribution is 6.09. The van der Waals surface area contributed by atoms with Crippen LogP contribution in [0.5, 0.6) is 0 Å². The molecule has 0 aliphatic heterocycles. The topological polar surface area (TPSA) is 35.5 Å². The third kappa shape index (κ3) is 5.19. The SMILES string of the molecule is C=C(C(=O)OC(C)(C)C1CC=C(C)C(OC(C)c2cc3ccccc3c3ccccc23)C1)C(F)(F)F. The third-order valence-corrected chi connectivity index (χ3v) is 7.26. The predicted molar refractivity (Wildman–Crippen MR) is 137 cm³/mol. The van der Waals surface area contributed by atoms with Gasteiger partial charge in [0.05, 0.1) is 12.2 Å². The molecule has 0 N–H and O–H groups in total. The normalized spacial score (nSPS) is 19.7. The van der Waals surface area contributed by atoms with E-state index in [9.17, 15) is 18.0 Å². The fraction of sp³-hybridized carbons (Fsp3) is 0.367. The first-order valence-electron chi connectivity index (χ1n) is 12.1. The number of rotatable bonds is 6. The van der Waals surface area contributed by atoms with E-state index in [-0.39, 0.29) is 18.1 Å². The summed E-state index contributed by atoms with van der Waals surface area (Å²) in [5.41, 5.74) is -0.484. The molecule has 0 fully saturated rings. The van der Waals surface area contributed by atoms with E-state index < -0.39 is 23.3 Å². The van der Waals surface area contributed by atoms with Gasteiger partial charge < -0.3 is 9.47 Å². The summed E-state index contributed by atoms with van der Waals surface area (Å²) in [6.45, 7) is 10.2. The summed E-state index contributed by atoms with van der Waals surface area (Å²) in [5.74, 6) is -1.65. The zero-order valence-electron chi connectivity index (χ0n) is 21.0. The van der Waals surface area contributed by atoms with Crippen LogP contribution in [0.25, 0.3) is 21.5 Å². The van der Waals surface area contributed by atoms with E-state index in [1.54, 1.807) is 13.8 Å². The number of esters is 1. The van der Waals surface area contributed by atoms with Crippen molar-refractivity contribution in [2.45, 2.75) is 64.5 Å². The minimum absolute atomic E-state index is 0.211. The highest BCUT2D eigenvalue weighted by Crippen LogP contribution is 2.40. The van der Waals surface area contributed by atoms with Crippen molar-refractivity contribution in [1.82, 2.24) is 0 Å².